The maximum Gasteiger partial charge on any atom is 4.00 e. The zero-order chi connectivity index (χ0) is 84.2. The van der Waals surface area contributed by atoms with Gasteiger partial charge in [0.2, 0.25) is 0 Å². The van der Waals surface area contributed by atoms with Crippen molar-refractivity contribution in [2.24, 2.45) is 9.98 Å². The number of unbranched alkanes of at least 4 members (excludes halogenated alkanes) is 5. The van der Waals surface area contributed by atoms with E-state index in [2.05, 4.69) is 315 Å². The van der Waals surface area contributed by atoms with E-state index >= 15 is 0 Å². The molecule has 12 heteroatoms. The summed E-state index contributed by atoms with van der Waals surface area (Å²) in [6.45, 7) is 64.2. The quantitative estimate of drug-likeness (QED) is 0.0252. The molecule has 2 aromatic heterocycles. The fourth-order valence-electron chi connectivity index (χ4n) is 15.4. The molecule has 0 amide bonds. The van der Waals surface area contributed by atoms with Crippen molar-refractivity contribution >= 4 is 22.8 Å². The first-order chi connectivity index (χ1) is 54.3. The van der Waals surface area contributed by atoms with Gasteiger partial charge in [-0.2, -0.15) is 0 Å². The topological polar surface area (TPSA) is 117 Å². The van der Waals surface area contributed by atoms with Gasteiger partial charge in [0.15, 0.2) is 0 Å². The Labute approximate surface area is 773 Å². The Hall–Kier alpha value is -6.50. The molecular formula is C108H164Hf2N10. The summed E-state index contributed by atoms with van der Waals surface area (Å²) in [7, 11) is 0. The Balaban J connectivity index is 0.00000152. The predicted octanol–water partition coefficient (Wildman–Crippen LogP) is 33.3. The van der Waals surface area contributed by atoms with E-state index in [1.807, 2.05) is 43.1 Å². The van der Waals surface area contributed by atoms with Crippen molar-refractivity contribution in [3.8, 4) is 22.7 Å². The molecule has 0 spiro atoms. The number of hydrogen-bond donors (Lipinski definition) is 0. The number of para-hydroxylation sites is 6. The average molecular weight is 1960 g/mol. The summed E-state index contributed by atoms with van der Waals surface area (Å²) in [6.07, 6.45) is 29.6. The van der Waals surface area contributed by atoms with Crippen molar-refractivity contribution in [1.82, 2.24) is 18.3 Å². The van der Waals surface area contributed by atoms with E-state index in [0.717, 1.165) is 85.8 Å². The number of rotatable bonds is 29. The van der Waals surface area contributed by atoms with Crippen molar-refractivity contribution in [3.05, 3.63) is 287 Å². The summed E-state index contributed by atoms with van der Waals surface area (Å²) >= 11 is 0. The first-order valence-electron chi connectivity index (χ1n) is 44.6. The summed E-state index contributed by atoms with van der Waals surface area (Å²) in [6, 6.07) is 39.2. The van der Waals surface area contributed by atoms with E-state index in [1.165, 1.54) is 141 Å². The Kier molecular flexibility index (Phi) is 53.3. The minimum absolute atomic E-state index is 0. The van der Waals surface area contributed by atoms with Gasteiger partial charge in [0.25, 0.3) is 0 Å². The molecule has 10 rings (SSSR count). The van der Waals surface area contributed by atoms with Crippen LogP contribution in [0, 0.1) is 29.7 Å². The summed E-state index contributed by atoms with van der Waals surface area (Å²) in [5.41, 5.74) is 27.3. The van der Waals surface area contributed by atoms with Crippen LogP contribution in [0.15, 0.2) is 168 Å². The number of benzene rings is 6. The largest absolute Gasteiger partial charge is 4.00 e. The maximum absolute atomic E-state index is 11.5. The van der Waals surface area contributed by atoms with Crippen LogP contribution in [0.2, 0.25) is 0 Å². The Morgan fingerprint density at radius 3 is 0.650 bits per heavy atom. The standard InChI is InChI=1S/2C27H36N3.2C22H33N2.C6H14.4CH3.2Hf/c2*1-17(2)21-11-9-12-22(18(3)4)25(21)29-15-16-30(27(29)28)26-23(19(5)6)13-10-14-24(26)20(7)8;2*1-6-7-15-23-20-13-8-9-14-21(20)24-22-18(16(2)3)11-10-12-19(22)17(4)5;1-3-5-6-4-2;;;;;;/h2*9-20H,1-8H3;2*10-12,14,16-17H,6-9,13,15H2,1-5H3;3-6H2,1-2H3;4*1H3;;/q4*-1;;4*-1;2*+4. The Morgan fingerprint density at radius 2 is 0.475 bits per heavy atom. The number of allylic oxidation sites excluding steroid dienone is 4. The fourth-order valence-corrected chi connectivity index (χ4v) is 15.4. The van der Waals surface area contributed by atoms with E-state index < -0.39 is 0 Å². The Morgan fingerprint density at radius 1 is 0.292 bits per heavy atom. The second kappa shape index (κ2) is 56.4. The average Bonchev–Trinajstić information content (AvgIpc) is 1.64. The van der Waals surface area contributed by atoms with E-state index in [-0.39, 0.29) is 92.6 Å². The van der Waals surface area contributed by atoms with Gasteiger partial charge in [-0.3, -0.25) is 9.98 Å². The fraction of sp³-hybridized carbons (Fsp3) is 0.519. The van der Waals surface area contributed by atoms with Crippen LogP contribution in [0.1, 0.15) is 422 Å². The number of aliphatic imine (C=N–C) groups is 2. The first-order valence-corrected chi connectivity index (χ1v) is 44.6. The van der Waals surface area contributed by atoms with Gasteiger partial charge in [0.1, 0.15) is 0 Å². The van der Waals surface area contributed by atoms with Crippen molar-refractivity contribution in [2.45, 2.75) is 355 Å². The molecule has 0 bridgehead atoms. The molecule has 654 valence electrons. The van der Waals surface area contributed by atoms with Gasteiger partial charge in [-0.05, 0) is 214 Å². The maximum atomic E-state index is 11.5. The third-order valence-electron chi connectivity index (χ3n) is 22.2. The van der Waals surface area contributed by atoms with Gasteiger partial charge in [0.05, 0.1) is 0 Å². The molecule has 0 saturated heterocycles. The van der Waals surface area contributed by atoms with Crippen molar-refractivity contribution < 1.29 is 51.7 Å². The molecule has 120 heavy (non-hydrogen) atoms. The number of hydrogen-bond acceptors (Lipinski definition) is 2. The summed E-state index contributed by atoms with van der Waals surface area (Å²) in [5.74, 6) is 4.83. The van der Waals surface area contributed by atoms with E-state index in [9.17, 15) is 10.8 Å². The van der Waals surface area contributed by atoms with Crippen molar-refractivity contribution in [1.29, 1.82) is 0 Å². The molecule has 10 nitrogen and oxygen atoms in total. The van der Waals surface area contributed by atoms with Crippen LogP contribution in [-0.4, -0.2) is 42.8 Å². The molecular weight excluding hydrogens is 1790 g/mol. The summed E-state index contributed by atoms with van der Waals surface area (Å²) in [5, 5.41) is 33.3. The third-order valence-corrected chi connectivity index (χ3v) is 22.2. The molecule has 8 aromatic rings. The molecule has 0 atom stereocenters. The van der Waals surface area contributed by atoms with Crippen LogP contribution in [0.25, 0.3) is 44.2 Å². The SMILES string of the molecule is CC(C)c1cccc(C(C)C)c1-n1ccn(-c2c(C(C)C)cccc2C(C)C)c1=[N-].CC(C)c1cccc(C(C)C)c1-n1ccn(-c2c(C(C)C)cccc2C(C)C)c1=[N-].CCCCCC.CCCCN=C1CCCC=C1[N-]c1c(C(C)C)cccc1C(C)C.CCCCN=C1CCCC=C1[N-]c1c(C(C)C)cccc1C(C)C.[CH3-].[CH3-].[CH3-].[CH3-].[Hf+4].[Hf+4]. The molecule has 6 aromatic carbocycles. The third kappa shape index (κ3) is 30.7. The predicted molar refractivity (Wildman–Crippen MR) is 525 cm³/mol. The molecule has 0 fully saturated rings. The van der Waals surface area contributed by atoms with Gasteiger partial charge in [-0.25, -0.2) is 0 Å². The van der Waals surface area contributed by atoms with Crippen LogP contribution in [-0.2, 0) is 51.7 Å². The van der Waals surface area contributed by atoms with Gasteiger partial charge in [-0.15, -0.1) is 22.8 Å². The molecule has 0 aliphatic heterocycles. The molecule has 2 aliphatic rings. The van der Waals surface area contributed by atoms with Gasteiger partial charge in [-0.1, -0.05) is 376 Å². The van der Waals surface area contributed by atoms with Crippen LogP contribution >= 0.6 is 0 Å². The van der Waals surface area contributed by atoms with Crippen molar-refractivity contribution in [3.63, 3.8) is 0 Å². The molecule has 0 radical (unpaired) electrons. The van der Waals surface area contributed by atoms with Crippen LogP contribution in [0.3, 0.4) is 0 Å². The van der Waals surface area contributed by atoms with Crippen LogP contribution < -0.4 is 11.2 Å². The minimum atomic E-state index is 0. The first kappa shape index (κ1) is 114. The summed E-state index contributed by atoms with van der Waals surface area (Å²) in [4.78, 5) is 9.71. The molecule has 2 heterocycles. The monoisotopic (exact) mass is 1960 g/mol. The zero-order valence-electron chi connectivity index (χ0n) is 81.6. The zero-order valence-corrected chi connectivity index (χ0v) is 88.8. The number of imidazole rings is 2. The number of nitrogens with zero attached hydrogens (tertiary/aromatic N) is 10. The van der Waals surface area contributed by atoms with Crippen LogP contribution in [0.4, 0.5) is 11.4 Å². The smallest absolute Gasteiger partial charge is 0.656 e. The Bertz CT molecular complexity index is 3930. The molecule has 0 saturated carbocycles. The molecule has 0 N–H and O–H groups in total. The molecule has 2 aliphatic carbocycles. The van der Waals surface area contributed by atoms with E-state index in [4.69, 9.17) is 20.6 Å². The molecule has 0 unspecified atom stereocenters. The summed E-state index contributed by atoms with van der Waals surface area (Å²) < 4.78 is 7.86. The van der Waals surface area contributed by atoms with Crippen LogP contribution in [0.5, 0.6) is 0 Å². The van der Waals surface area contributed by atoms with Crippen molar-refractivity contribution in [2.75, 3.05) is 13.1 Å². The number of aromatic nitrogens is 4. The van der Waals surface area contributed by atoms with E-state index in [1.54, 1.807) is 0 Å². The van der Waals surface area contributed by atoms with Gasteiger partial charge >= 0.3 is 51.7 Å². The minimum Gasteiger partial charge on any atom is -0.656 e. The van der Waals surface area contributed by atoms with Gasteiger partial charge < -0.3 is 69.4 Å². The second-order valence-electron chi connectivity index (χ2n) is 35.5. The second-order valence-corrected chi connectivity index (χ2v) is 35.5. The normalized spacial score (nSPS) is 13.2. The van der Waals surface area contributed by atoms with E-state index in [0.29, 0.717) is 71.0 Å². The van der Waals surface area contributed by atoms with Gasteiger partial charge in [0, 0.05) is 35.7 Å².